The number of halogens is 2. The van der Waals surface area contributed by atoms with Gasteiger partial charge in [-0.25, -0.2) is 0 Å². The molecule has 0 aliphatic carbocycles. The van der Waals surface area contributed by atoms with Crippen molar-refractivity contribution in [1.82, 2.24) is 10.4 Å². The molecule has 0 atom stereocenters. The number of anilines is 1. The number of amides is 1. The second-order valence-electron chi connectivity index (χ2n) is 5.35. The number of rotatable bonds is 5. The molecule has 0 saturated heterocycles. The number of benzene rings is 2. The molecule has 3 aromatic rings. The molecule has 0 bridgehead atoms. The van der Waals surface area contributed by atoms with E-state index in [1.165, 1.54) is 12.4 Å². The van der Waals surface area contributed by atoms with Gasteiger partial charge in [0.2, 0.25) is 5.91 Å². The second kappa shape index (κ2) is 8.01. The van der Waals surface area contributed by atoms with Crippen molar-refractivity contribution in [2.45, 2.75) is 5.92 Å². The van der Waals surface area contributed by atoms with Gasteiger partial charge in [-0.05, 0) is 11.1 Å². The molecule has 0 unspecified atom stereocenters. The molecule has 126 valence electrons. The third-order valence-corrected chi connectivity index (χ3v) is 4.27. The predicted molar refractivity (Wildman–Crippen MR) is 101 cm³/mol. The van der Waals surface area contributed by atoms with Gasteiger partial charge in [-0.1, -0.05) is 83.9 Å². The standard InChI is InChI=1S/C19H15Cl2N3O/c20-15-11-22-12-16(21)18(15)23-24-19(25)17(13-7-3-1-4-8-13)14-9-5-2-6-10-14/h1-12,17H,(H,22,23)(H,24,25). The lowest BCUT2D eigenvalue weighted by atomic mass is 9.91. The number of hydrogen-bond acceptors (Lipinski definition) is 3. The zero-order valence-electron chi connectivity index (χ0n) is 13.1. The lowest BCUT2D eigenvalue weighted by Gasteiger charge is -2.19. The monoisotopic (exact) mass is 371 g/mol. The van der Waals surface area contributed by atoms with Crippen LogP contribution in [0.15, 0.2) is 73.1 Å². The summed E-state index contributed by atoms with van der Waals surface area (Å²) in [5.74, 6) is -0.685. The summed E-state index contributed by atoms with van der Waals surface area (Å²) in [6.07, 6.45) is 2.90. The smallest absolute Gasteiger partial charge is 0.250 e. The molecule has 1 amide bonds. The van der Waals surface area contributed by atoms with Crippen LogP contribution in [0.4, 0.5) is 5.69 Å². The lowest BCUT2D eigenvalue weighted by molar-refractivity contribution is -0.121. The van der Waals surface area contributed by atoms with Crippen molar-refractivity contribution < 1.29 is 4.79 Å². The molecular weight excluding hydrogens is 357 g/mol. The summed E-state index contributed by atoms with van der Waals surface area (Å²) >= 11 is 12.1. The first-order valence-electron chi connectivity index (χ1n) is 7.61. The fourth-order valence-corrected chi connectivity index (χ4v) is 2.97. The fraction of sp³-hybridized carbons (Fsp3) is 0.0526. The molecule has 0 spiro atoms. The highest BCUT2D eigenvalue weighted by Gasteiger charge is 2.22. The van der Waals surface area contributed by atoms with Crippen LogP contribution < -0.4 is 10.9 Å². The van der Waals surface area contributed by atoms with Crippen LogP contribution in [0.1, 0.15) is 17.0 Å². The summed E-state index contributed by atoms with van der Waals surface area (Å²) in [7, 11) is 0. The zero-order chi connectivity index (χ0) is 17.6. The molecule has 25 heavy (non-hydrogen) atoms. The molecule has 2 N–H and O–H groups in total. The normalized spacial score (nSPS) is 10.5. The first-order chi connectivity index (χ1) is 12.2. The maximum absolute atomic E-state index is 12.9. The number of hydrogen-bond donors (Lipinski definition) is 2. The average Bonchev–Trinajstić information content (AvgIpc) is 2.63. The van der Waals surface area contributed by atoms with Crippen molar-refractivity contribution in [3.63, 3.8) is 0 Å². The van der Waals surface area contributed by atoms with Crippen LogP contribution in [-0.2, 0) is 4.79 Å². The minimum absolute atomic E-state index is 0.221. The highest BCUT2D eigenvalue weighted by atomic mass is 35.5. The van der Waals surface area contributed by atoms with Crippen LogP contribution in [0.5, 0.6) is 0 Å². The van der Waals surface area contributed by atoms with E-state index in [1.807, 2.05) is 60.7 Å². The van der Waals surface area contributed by atoms with E-state index in [4.69, 9.17) is 23.2 Å². The van der Waals surface area contributed by atoms with E-state index in [9.17, 15) is 4.79 Å². The third-order valence-electron chi connectivity index (χ3n) is 3.69. The number of aromatic nitrogens is 1. The van der Waals surface area contributed by atoms with Gasteiger partial charge in [0.25, 0.3) is 0 Å². The summed E-state index contributed by atoms with van der Waals surface area (Å²) in [5.41, 5.74) is 7.68. The number of pyridine rings is 1. The van der Waals surface area contributed by atoms with Gasteiger partial charge in [0, 0.05) is 12.4 Å². The van der Waals surface area contributed by atoms with Crippen molar-refractivity contribution >= 4 is 34.8 Å². The van der Waals surface area contributed by atoms with E-state index in [-0.39, 0.29) is 5.91 Å². The second-order valence-corrected chi connectivity index (χ2v) is 6.16. The largest absolute Gasteiger partial charge is 0.295 e. The Labute approximate surface area is 155 Å². The van der Waals surface area contributed by atoms with Crippen molar-refractivity contribution in [2.24, 2.45) is 0 Å². The van der Waals surface area contributed by atoms with Crippen LogP contribution in [0.2, 0.25) is 10.0 Å². The SMILES string of the molecule is O=C(NNc1c(Cl)cncc1Cl)C(c1ccccc1)c1ccccc1. The molecule has 0 saturated carbocycles. The van der Waals surface area contributed by atoms with Crippen LogP contribution >= 0.6 is 23.2 Å². The Hall–Kier alpha value is -2.56. The zero-order valence-corrected chi connectivity index (χ0v) is 14.6. The number of carbonyl (C=O) groups is 1. The van der Waals surface area contributed by atoms with Crippen molar-refractivity contribution in [3.05, 3.63) is 94.2 Å². The number of carbonyl (C=O) groups excluding carboxylic acids is 1. The van der Waals surface area contributed by atoms with Gasteiger partial charge in [-0.15, -0.1) is 0 Å². The minimum Gasteiger partial charge on any atom is -0.295 e. The summed E-state index contributed by atoms with van der Waals surface area (Å²) in [6, 6.07) is 19.1. The average molecular weight is 372 g/mol. The molecule has 4 nitrogen and oxygen atoms in total. The van der Waals surface area contributed by atoms with Gasteiger partial charge < -0.3 is 0 Å². The Bertz CT molecular complexity index is 797. The molecular formula is C19H15Cl2N3O. The van der Waals surface area contributed by atoms with Gasteiger partial charge in [0.1, 0.15) is 0 Å². The Morgan fingerprint density at radius 1 is 0.840 bits per heavy atom. The predicted octanol–water partition coefficient (Wildman–Crippen LogP) is 4.66. The van der Waals surface area contributed by atoms with E-state index < -0.39 is 5.92 Å². The van der Waals surface area contributed by atoms with Crippen LogP contribution in [0, 0.1) is 0 Å². The van der Waals surface area contributed by atoms with E-state index in [2.05, 4.69) is 15.8 Å². The van der Waals surface area contributed by atoms with E-state index in [0.29, 0.717) is 15.7 Å². The summed E-state index contributed by atoms with van der Waals surface area (Å²) < 4.78 is 0. The number of hydrazine groups is 1. The molecule has 0 radical (unpaired) electrons. The van der Waals surface area contributed by atoms with Gasteiger partial charge in [0.05, 0.1) is 21.7 Å². The molecule has 1 heterocycles. The highest BCUT2D eigenvalue weighted by molar-refractivity contribution is 6.38. The molecule has 3 rings (SSSR count). The van der Waals surface area contributed by atoms with Gasteiger partial charge >= 0.3 is 0 Å². The first kappa shape index (κ1) is 17.3. The summed E-state index contributed by atoms with van der Waals surface area (Å²) in [5, 5.41) is 0.646. The van der Waals surface area contributed by atoms with Crippen molar-refractivity contribution in [2.75, 3.05) is 5.43 Å². The topological polar surface area (TPSA) is 54.0 Å². The van der Waals surface area contributed by atoms with Crippen LogP contribution in [0.25, 0.3) is 0 Å². The first-order valence-corrected chi connectivity index (χ1v) is 8.37. The fourth-order valence-electron chi connectivity index (χ4n) is 2.51. The van der Waals surface area contributed by atoms with Crippen LogP contribution in [0.3, 0.4) is 0 Å². The van der Waals surface area contributed by atoms with E-state index >= 15 is 0 Å². The molecule has 2 aromatic carbocycles. The van der Waals surface area contributed by atoms with Gasteiger partial charge in [-0.2, -0.15) is 0 Å². The molecule has 6 heteroatoms. The van der Waals surface area contributed by atoms with Crippen LogP contribution in [-0.4, -0.2) is 10.9 Å². The molecule has 0 fully saturated rings. The number of nitrogens with one attached hydrogen (secondary N) is 2. The Morgan fingerprint density at radius 2 is 1.32 bits per heavy atom. The van der Waals surface area contributed by atoms with Gasteiger partial charge in [0.15, 0.2) is 0 Å². The summed E-state index contributed by atoms with van der Waals surface area (Å²) in [4.78, 5) is 16.7. The molecule has 0 aliphatic heterocycles. The van der Waals surface area contributed by atoms with Crippen molar-refractivity contribution in [3.8, 4) is 0 Å². The highest BCUT2D eigenvalue weighted by Crippen LogP contribution is 2.29. The van der Waals surface area contributed by atoms with Crippen molar-refractivity contribution in [1.29, 1.82) is 0 Å². The molecule has 0 aliphatic rings. The maximum atomic E-state index is 12.9. The minimum atomic E-state index is -0.464. The Balaban J connectivity index is 1.85. The van der Waals surface area contributed by atoms with E-state index in [1.54, 1.807) is 0 Å². The van der Waals surface area contributed by atoms with E-state index in [0.717, 1.165) is 11.1 Å². The van der Waals surface area contributed by atoms with Gasteiger partial charge in [-0.3, -0.25) is 20.6 Å². The third kappa shape index (κ3) is 4.10. The summed E-state index contributed by atoms with van der Waals surface area (Å²) in [6.45, 7) is 0. The lowest BCUT2D eigenvalue weighted by Crippen LogP contribution is -2.34. The Morgan fingerprint density at radius 3 is 1.80 bits per heavy atom. The Kier molecular flexibility index (Phi) is 5.53. The molecule has 1 aromatic heterocycles. The maximum Gasteiger partial charge on any atom is 0.250 e. The number of nitrogens with zero attached hydrogens (tertiary/aromatic N) is 1. The quantitative estimate of drug-likeness (QED) is 0.641.